The van der Waals surface area contributed by atoms with Gasteiger partial charge in [-0.15, -0.1) is 0 Å². The minimum absolute atomic E-state index is 0.472. The molecule has 0 aliphatic carbocycles. The van der Waals surface area contributed by atoms with E-state index in [1.54, 1.807) is 0 Å². The molecule has 0 unspecified atom stereocenters. The van der Waals surface area contributed by atoms with Crippen molar-refractivity contribution in [2.75, 3.05) is 0 Å². The van der Waals surface area contributed by atoms with Gasteiger partial charge in [0.1, 0.15) is 5.82 Å². The van der Waals surface area contributed by atoms with Gasteiger partial charge in [0.15, 0.2) is 0 Å². The van der Waals surface area contributed by atoms with Gasteiger partial charge in [0.25, 0.3) is 0 Å². The van der Waals surface area contributed by atoms with Crippen LogP contribution < -0.4 is 5.32 Å². The van der Waals surface area contributed by atoms with E-state index in [1.807, 2.05) is 0 Å². The standard InChI is InChI=1S/C12H21N3/c1-6-11-9(4)14-12(15-10(11)5)7-13-8(2)3/h8,13H,6-7H2,1-5H3. The zero-order valence-corrected chi connectivity index (χ0v) is 10.4. The van der Waals surface area contributed by atoms with Crippen molar-refractivity contribution in [1.82, 2.24) is 15.3 Å². The zero-order valence-electron chi connectivity index (χ0n) is 10.4. The quantitative estimate of drug-likeness (QED) is 0.822. The van der Waals surface area contributed by atoms with Gasteiger partial charge in [-0.2, -0.15) is 0 Å². The van der Waals surface area contributed by atoms with Crippen molar-refractivity contribution < 1.29 is 0 Å². The van der Waals surface area contributed by atoms with E-state index >= 15 is 0 Å². The van der Waals surface area contributed by atoms with Gasteiger partial charge in [0.05, 0.1) is 6.54 Å². The molecule has 0 aliphatic heterocycles. The largest absolute Gasteiger partial charge is 0.308 e. The molecule has 0 bridgehead atoms. The van der Waals surface area contributed by atoms with Crippen LogP contribution in [0.4, 0.5) is 0 Å². The van der Waals surface area contributed by atoms with Crippen molar-refractivity contribution in [1.29, 1.82) is 0 Å². The maximum absolute atomic E-state index is 4.50. The molecule has 0 saturated carbocycles. The molecule has 3 heteroatoms. The van der Waals surface area contributed by atoms with Crippen LogP contribution in [-0.4, -0.2) is 16.0 Å². The second-order valence-corrected chi connectivity index (χ2v) is 4.18. The minimum Gasteiger partial charge on any atom is -0.308 e. The third-order valence-corrected chi connectivity index (χ3v) is 2.49. The van der Waals surface area contributed by atoms with Crippen LogP contribution in [0.2, 0.25) is 0 Å². The molecule has 0 radical (unpaired) electrons. The molecule has 0 spiro atoms. The molecule has 3 nitrogen and oxygen atoms in total. The van der Waals surface area contributed by atoms with E-state index in [2.05, 4.69) is 49.9 Å². The van der Waals surface area contributed by atoms with Gasteiger partial charge in [-0.1, -0.05) is 20.8 Å². The third kappa shape index (κ3) is 3.27. The van der Waals surface area contributed by atoms with Gasteiger partial charge in [-0.05, 0) is 25.8 Å². The number of aromatic nitrogens is 2. The molecule has 0 atom stereocenters. The molecule has 0 saturated heterocycles. The summed E-state index contributed by atoms with van der Waals surface area (Å²) in [7, 11) is 0. The lowest BCUT2D eigenvalue weighted by molar-refractivity contribution is 0.569. The molecule has 1 N–H and O–H groups in total. The topological polar surface area (TPSA) is 37.8 Å². The number of rotatable bonds is 4. The highest BCUT2D eigenvalue weighted by atomic mass is 15.0. The summed E-state index contributed by atoms with van der Waals surface area (Å²) < 4.78 is 0. The van der Waals surface area contributed by atoms with E-state index < -0.39 is 0 Å². The molecular formula is C12H21N3. The molecule has 1 aromatic rings. The first-order valence-corrected chi connectivity index (χ1v) is 5.61. The van der Waals surface area contributed by atoms with Crippen molar-refractivity contribution in [3.05, 3.63) is 22.8 Å². The second kappa shape index (κ2) is 5.21. The first kappa shape index (κ1) is 12.1. The van der Waals surface area contributed by atoms with Crippen molar-refractivity contribution in [2.24, 2.45) is 0 Å². The Balaban J connectivity index is 2.84. The molecule has 15 heavy (non-hydrogen) atoms. The van der Waals surface area contributed by atoms with Gasteiger partial charge in [-0.25, -0.2) is 9.97 Å². The van der Waals surface area contributed by atoms with Crippen LogP contribution in [-0.2, 0) is 13.0 Å². The van der Waals surface area contributed by atoms with Crippen LogP contribution >= 0.6 is 0 Å². The lowest BCUT2D eigenvalue weighted by atomic mass is 10.1. The molecule has 0 aliphatic rings. The molecule has 1 heterocycles. The Labute approximate surface area is 92.3 Å². The van der Waals surface area contributed by atoms with E-state index in [1.165, 1.54) is 5.56 Å². The van der Waals surface area contributed by atoms with E-state index in [-0.39, 0.29) is 0 Å². The summed E-state index contributed by atoms with van der Waals surface area (Å²) in [6.45, 7) is 11.3. The molecule has 0 amide bonds. The Hall–Kier alpha value is -0.960. The molecule has 0 aromatic carbocycles. The Morgan fingerprint density at radius 1 is 1.13 bits per heavy atom. The van der Waals surface area contributed by atoms with Crippen molar-refractivity contribution in [3.8, 4) is 0 Å². The number of nitrogens with zero attached hydrogens (tertiary/aromatic N) is 2. The maximum atomic E-state index is 4.50. The van der Waals surface area contributed by atoms with Crippen LogP contribution in [0.1, 0.15) is 43.5 Å². The summed E-state index contributed by atoms with van der Waals surface area (Å²) in [5.74, 6) is 0.899. The van der Waals surface area contributed by atoms with Crippen LogP contribution in [0, 0.1) is 13.8 Å². The normalized spacial score (nSPS) is 11.1. The van der Waals surface area contributed by atoms with Gasteiger partial charge in [0, 0.05) is 17.4 Å². The van der Waals surface area contributed by atoms with E-state index in [0.29, 0.717) is 6.04 Å². The Kier molecular flexibility index (Phi) is 4.21. The van der Waals surface area contributed by atoms with Crippen LogP contribution in [0.15, 0.2) is 0 Å². The Morgan fingerprint density at radius 2 is 1.67 bits per heavy atom. The summed E-state index contributed by atoms with van der Waals surface area (Å²) in [5, 5.41) is 3.33. The summed E-state index contributed by atoms with van der Waals surface area (Å²) in [4.78, 5) is 9.01. The van der Waals surface area contributed by atoms with E-state index in [9.17, 15) is 0 Å². The molecule has 0 fully saturated rings. The second-order valence-electron chi connectivity index (χ2n) is 4.18. The average Bonchev–Trinajstić information content (AvgIpc) is 2.14. The third-order valence-electron chi connectivity index (χ3n) is 2.49. The molecule has 84 valence electrons. The van der Waals surface area contributed by atoms with Crippen molar-refractivity contribution in [2.45, 2.75) is 53.6 Å². The summed E-state index contributed by atoms with van der Waals surface area (Å²) >= 11 is 0. The summed E-state index contributed by atoms with van der Waals surface area (Å²) in [6, 6.07) is 0.472. The lowest BCUT2D eigenvalue weighted by Gasteiger charge is -2.11. The fourth-order valence-corrected chi connectivity index (χ4v) is 1.70. The number of aryl methyl sites for hydroxylation is 2. The first-order valence-electron chi connectivity index (χ1n) is 5.61. The van der Waals surface area contributed by atoms with Crippen LogP contribution in [0.3, 0.4) is 0 Å². The van der Waals surface area contributed by atoms with E-state index in [0.717, 1.165) is 30.2 Å². The van der Waals surface area contributed by atoms with Crippen molar-refractivity contribution in [3.63, 3.8) is 0 Å². The van der Waals surface area contributed by atoms with Gasteiger partial charge < -0.3 is 5.32 Å². The highest BCUT2D eigenvalue weighted by Crippen LogP contribution is 2.10. The van der Waals surface area contributed by atoms with Gasteiger partial charge in [0.2, 0.25) is 0 Å². The number of hydrogen-bond donors (Lipinski definition) is 1. The SMILES string of the molecule is CCc1c(C)nc(CNC(C)C)nc1C. The van der Waals surface area contributed by atoms with Crippen LogP contribution in [0.5, 0.6) is 0 Å². The lowest BCUT2D eigenvalue weighted by Crippen LogP contribution is -2.23. The van der Waals surface area contributed by atoms with E-state index in [4.69, 9.17) is 0 Å². The first-order chi connectivity index (χ1) is 7.04. The number of hydrogen-bond acceptors (Lipinski definition) is 3. The van der Waals surface area contributed by atoms with Gasteiger partial charge in [-0.3, -0.25) is 0 Å². The summed E-state index contributed by atoms with van der Waals surface area (Å²) in [5.41, 5.74) is 3.51. The fourth-order valence-electron chi connectivity index (χ4n) is 1.70. The monoisotopic (exact) mass is 207 g/mol. The molecule has 1 aromatic heterocycles. The Bertz CT molecular complexity index is 309. The highest BCUT2D eigenvalue weighted by molar-refractivity contribution is 5.24. The predicted octanol–water partition coefficient (Wildman–Crippen LogP) is 2.15. The molecular weight excluding hydrogens is 186 g/mol. The average molecular weight is 207 g/mol. The summed E-state index contributed by atoms with van der Waals surface area (Å²) in [6.07, 6.45) is 1.01. The van der Waals surface area contributed by atoms with Gasteiger partial charge >= 0.3 is 0 Å². The zero-order chi connectivity index (χ0) is 11.4. The molecule has 1 rings (SSSR count). The number of nitrogens with one attached hydrogen (secondary N) is 1. The smallest absolute Gasteiger partial charge is 0.142 e. The maximum Gasteiger partial charge on any atom is 0.142 e. The minimum atomic E-state index is 0.472. The predicted molar refractivity (Wildman–Crippen MR) is 62.9 cm³/mol. The Morgan fingerprint density at radius 3 is 2.07 bits per heavy atom. The highest BCUT2D eigenvalue weighted by Gasteiger charge is 2.06. The fraction of sp³-hybridized carbons (Fsp3) is 0.667. The van der Waals surface area contributed by atoms with Crippen molar-refractivity contribution >= 4 is 0 Å². The van der Waals surface area contributed by atoms with Crippen LogP contribution in [0.25, 0.3) is 0 Å².